The zero-order valence-corrected chi connectivity index (χ0v) is 14.8. The molecule has 1 aliphatic rings. The highest BCUT2D eigenvalue weighted by Crippen LogP contribution is 2.21. The van der Waals surface area contributed by atoms with E-state index in [-0.39, 0.29) is 16.8 Å². The van der Waals surface area contributed by atoms with Crippen LogP contribution in [0, 0.1) is 0 Å². The van der Waals surface area contributed by atoms with Gasteiger partial charge >= 0.3 is 6.09 Å². The summed E-state index contributed by atoms with van der Waals surface area (Å²) in [7, 11) is -1.95. The standard InChI is InChI=1S/C16H22N2O5S/c1-11(12-6-8-13(9-7-12)24(3,21)22)17-15(19)14-5-4-10-18(14)16(20)23-2/h6-9,11,14H,4-5,10H2,1-3H3,(H,17,19). The highest BCUT2D eigenvalue weighted by molar-refractivity contribution is 7.90. The van der Waals surface area contributed by atoms with Gasteiger partial charge in [-0.15, -0.1) is 0 Å². The molecule has 7 nitrogen and oxygen atoms in total. The summed E-state index contributed by atoms with van der Waals surface area (Å²) in [6.07, 6.45) is 2.00. The van der Waals surface area contributed by atoms with Crippen LogP contribution in [0.15, 0.2) is 29.2 Å². The van der Waals surface area contributed by atoms with Gasteiger partial charge in [-0.2, -0.15) is 0 Å². The molecule has 0 spiro atoms. The molecule has 1 aromatic rings. The van der Waals surface area contributed by atoms with Gasteiger partial charge in [0.1, 0.15) is 6.04 Å². The Hall–Kier alpha value is -2.09. The molecule has 0 aliphatic carbocycles. The number of carbonyl (C=O) groups excluding carboxylic acids is 2. The van der Waals surface area contributed by atoms with Crippen LogP contribution in [0.3, 0.4) is 0 Å². The molecule has 0 saturated carbocycles. The third-order valence-corrected chi connectivity index (χ3v) is 5.26. The van der Waals surface area contributed by atoms with Crippen LogP contribution in [0.2, 0.25) is 0 Å². The van der Waals surface area contributed by atoms with Gasteiger partial charge in [0.2, 0.25) is 5.91 Å². The van der Waals surface area contributed by atoms with E-state index in [1.165, 1.54) is 24.1 Å². The monoisotopic (exact) mass is 354 g/mol. The largest absolute Gasteiger partial charge is 0.453 e. The minimum Gasteiger partial charge on any atom is -0.453 e. The third kappa shape index (κ3) is 4.05. The topological polar surface area (TPSA) is 92.8 Å². The summed E-state index contributed by atoms with van der Waals surface area (Å²) < 4.78 is 27.6. The molecule has 1 fully saturated rings. The minimum absolute atomic E-state index is 0.234. The number of carbonyl (C=O) groups is 2. The fourth-order valence-electron chi connectivity index (χ4n) is 2.77. The van der Waals surface area contributed by atoms with Crippen molar-refractivity contribution in [3.8, 4) is 0 Å². The number of benzene rings is 1. The predicted octanol–water partition coefficient (Wildman–Crippen LogP) is 1.50. The van der Waals surface area contributed by atoms with E-state index in [0.29, 0.717) is 13.0 Å². The molecule has 2 unspecified atom stereocenters. The summed E-state index contributed by atoms with van der Waals surface area (Å²) in [5.41, 5.74) is 0.790. The summed E-state index contributed by atoms with van der Waals surface area (Å²) in [5.74, 6) is -0.238. The molecule has 2 atom stereocenters. The number of hydrogen-bond acceptors (Lipinski definition) is 5. The number of amides is 2. The van der Waals surface area contributed by atoms with Crippen LogP contribution < -0.4 is 5.32 Å². The summed E-state index contributed by atoms with van der Waals surface area (Å²) in [6, 6.07) is 5.55. The Morgan fingerprint density at radius 3 is 2.46 bits per heavy atom. The number of ether oxygens (including phenoxy) is 1. The second-order valence-corrected chi connectivity index (χ2v) is 7.91. The van der Waals surface area contributed by atoms with Crippen molar-refractivity contribution in [3.63, 3.8) is 0 Å². The Bertz CT molecular complexity index is 714. The maximum atomic E-state index is 12.4. The van der Waals surface area contributed by atoms with E-state index >= 15 is 0 Å². The van der Waals surface area contributed by atoms with Crippen LogP contribution in [-0.2, 0) is 19.4 Å². The molecular formula is C16H22N2O5S. The highest BCUT2D eigenvalue weighted by Gasteiger charge is 2.35. The van der Waals surface area contributed by atoms with Gasteiger partial charge < -0.3 is 10.1 Å². The molecule has 0 bridgehead atoms. The fourth-order valence-corrected chi connectivity index (χ4v) is 3.40. The van der Waals surface area contributed by atoms with Crippen LogP contribution in [-0.4, -0.2) is 51.3 Å². The molecule has 1 N–H and O–H groups in total. The van der Waals surface area contributed by atoms with Crippen molar-refractivity contribution in [2.24, 2.45) is 0 Å². The van der Waals surface area contributed by atoms with Gasteiger partial charge in [0.25, 0.3) is 0 Å². The number of hydrogen-bond donors (Lipinski definition) is 1. The maximum absolute atomic E-state index is 12.4. The summed E-state index contributed by atoms with van der Waals surface area (Å²) >= 11 is 0. The van der Waals surface area contributed by atoms with Gasteiger partial charge in [-0.05, 0) is 37.5 Å². The molecule has 132 valence electrons. The van der Waals surface area contributed by atoms with Crippen molar-refractivity contribution in [2.45, 2.75) is 36.7 Å². The van der Waals surface area contributed by atoms with E-state index in [9.17, 15) is 18.0 Å². The Balaban J connectivity index is 2.05. The summed E-state index contributed by atoms with van der Waals surface area (Å²) in [6.45, 7) is 2.31. The van der Waals surface area contributed by atoms with Gasteiger partial charge in [0.15, 0.2) is 9.84 Å². The van der Waals surface area contributed by atoms with Crippen molar-refractivity contribution >= 4 is 21.8 Å². The number of methoxy groups -OCH3 is 1. The highest BCUT2D eigenvalue weighted by atomic mass is 32.2. The van der Waals surface area contributed by atoms with E-state index in [1.807, 2.05) is 6.92 Å². The minimum atomic E-state index is -3.25. The number of likely N-dealkylation sites (tertiary alicyclic amines) is 1. The lowest BCUT2D eigenvalue weighted by Crippen LogP contribution is -2.46. The molecule has 2 rings (SSSR count). The van der Waals surface area contributed by atoms with Gasteiger partial charge in [0, 0.05) is 12.8 Å². The van der Waals surface area contributed by atoms with Crippen molar-refractivity contribution in [1.82, 2.24) is 10.2 Å². The van der Waals surface area contributed by atoms with Crippen LogP contribution in [0.25, 0.3) is 0 Å². The Kier molecular flexibility index (Phi) is 5.48. The van der Waals surface area contributed by atoms with Gasteiger partial charge in [0.05, 0.1) is 18.0 Å². The number of nitrogens with zero attached hydrogens (tertiary/aromatic N) is 1. The fraction of sp³-hybridized carbons (Fsp3) is 0.500. The lowest BCUT2D eigenvalue weighted by Gasteiger charge is -2.24. The van der Waals surface area contributed by atoms with E-state index in [0.717, 1.165) is 18.2 Å². The van der Waals surface area contributed by atoms with Crippen molar-refractivity contribution in [2.75, 3.05) is 19.9 Å². The molecule has 1 aliphatic heterocycles. The Morgan fingerprint density at radius 2 is 1.92 bits per heavy atom. The first-order valence-corrected chi connectivity index (χ1v) is 9.58. The van der Waals surface area contributed by atoms with Crippen molar-refractivity contribution < 1.29 is 22.7 Å². The Labute approximate surface area is 141 Å². The third-order valence-electron chi connectivity index (χ3n) is 4.13. The van der Waals surface area contributed by atoms with Crippen LogP contribution in [0.1, 0.15) is 31.4 Å². The molecule has 1 heterocycles. The summed E-state index contributed by atoms with van der Waals surface area (Å²) in [5, 5.41) is 2.87. The molecule has 24 heavy (non-hydrogen) atoms. The maximum Gasteiger partial charge on any atom is 0.410 e. The van der Waals surface area contributed by atoms with E-state index < -0.39 is 22.0 Å². The zero-order valence-electron chi connectivity index (χ0n) is 14.0. The molecule has 0 radical (unpaired) electrons. The smallest absolute Gasteiger partial charge is 0.410 e. The first kappa shape index (κ1) is 18.3. The number of sulfone groups is 1. The molecule has 8 heteroatoms. The number of nitrogens with one attached hydrogen (secondary N) is 1. The molecular weight excluding hydrogens is 332 g/mol. The lowest BCUT2D eigenvalue weighted by molar-refractivity contribution is -0.125. The van der Waals surface area contributed by atoms with Crippen LogP contribution in [0.5, 0.6) is 0 Å². The SMILES string of the molecule is COC(=O)N1CCCC1C(=O)NC(C)c1ccc(S(C)(=O)=O)cc1. The molecule has 1 saturated heterocycles. The van der Waals surface area contributed by atoms with Crippen molar-refractivity contribution in [3.05, 3.63) is 29.8 Å². The zero-order chi connectivity index (χ0) is 17.9. The van der Waals surface area contributed by atoms with Gasteiger partial charge in [-0.25, -0.2) is 13.2 Å². The average Bonchev–Trinajstić information content (AvgIpc) is 3.03. The quantitative estimate of drug-likeness (QED) is 0.884. The second kappa shape index (κ2) is 7.21. The van der Waals surface area contributed by atoms with E-state index in [4.69, 9.17) is 4.74 Å². The number of rotatable bonds is 4. The van der Waals surface area contributed by atoms with Crippen LogP contribution in [0.4, 0.5) is 4.79 Å². The van der Waals surface area contributed by atoms with Gasteiger partial charge in [-0.1, -0.05) is 12.1 Å². The predicted molar refractivity (Wildman–Crippen MR) is 88.2 cm³/mol. The van der Waals surface area contributed by atoms with Crippen molar-refractivity contribution in [1.29, 1.82) is 0 Å². The summed E-state index contributed by atoms with van der Waals surface area (Å²) in [4.78, 5) is 25.8. The first-order chi connectivity index (χ1) is 11.2. The Morgan fingerprint density at radius 1 is 1.29 bits per heavy atom. The lowest BCUT2D eigenvalue weighted by atomic mass is 10.1. The van der Waals surface area contributed by atoms with Gasteiger partial charge in [-0.3, -0.25) is 9.69 Å². The van der Waals surface area contributed by atoms with E-state index in [1.54, 1.807) is 12.1 Å². The molecule has 0 aromatic heterocycles. The average molecular weight is 354 g/mol. The molecule has 1 aromatic carbocycles. The molecule has 2 amide bonds. The normalized spacial score (nSPS) is 19.0. The second-order valence-electron chi connectivity index (χ2n) is 5.89. The van der Waals surface area contributed by atoms with E-state index in [2.05, 4.69) is 5.32 Å². The van der Waals surface area contributed by atoms with Crippen LogP contribution >= 0.6 is 0 Å². The first-order valence-electron chi connectivity index (χ1n) is 7.69.